The molecule has 2 aromatic carbocycles. The van der Waals surface area contributed by atoms with Crippen molar-refractivity contribution in [3.8, 4) is 11.8 Å². The maximum atomic E-state index is 3.91. The second-order valence-corrected chi connectivity index (χ2v) is 5.93. The van der Waals surface area contributed by atoms with Gasteiger partial charge in [-0.1, -0.05) is 66.0 Å². The van der Waals surface area contributed by atoms with Crippen molar-refractivity contribution in [2.75, 3.05) is 0 Å². The van der Waals surface area contributed by atoms with E-state index in [2.05, 4.69) is 75.2 Å². The van der Waals surface area contributed by atoms with Gasteiger partial charge in [0, 0.05) is 11.1 Å². The van der Waals surface area contributed by atoms with Crippen LogP contribution in [0.3, 0.4) is 0 Å². The van der Waals surface area contributed by atoms with Gasteiger partial charge >= 0.3 is 0 Å². The van der Waals surface area contributed by atoms with Crippen molar-refractivity contribution in [3.05, 3.63) is 102 Å². The van der Waals surface area contributed by atoms with Gasteiger partial charge < -0.3 is 0 Å². The molecule has 0 spiro atoms. The highest BCUT2D eigenvalue weighted by molar-refractivity contribution is 5.74. The summed E-state index contributed by atoms with van der Waals surface area (Å²) in [5, 5.41) is 0. The van der Waals surface area contributed by atoms with Gasteiger partial charge in [-0.05, 0) is 55.5 Å². The minimum absolute atomic E-state index is 0.760. The standard InChI is InChI=1S/C24H24/c1-5-9-22(16-15-21-13-7-11-19(3)17-21)24(10-6-2)23-14-8-12-20(4)18-23/h5-8,11-14,17-18H,1-2,9-10H2,3-4H3. The molecule has 2 rings (SSSR count). The number of hydrogen-bond acceptors (Lipinski definition) is 0. The van der Waals surface area contributed by atoms with Crippen LogP contribution in [0.1, 0.15) is 35.1 Å². The zero-order valence-electron chi connectivity index (χ0n) is 14.6. The molecule has 0 bridgehead atoms. The van der Waals surface area contributed by atoms with Crippen LogP contribution in [-0.4, -0.2) is 0 Å². The second-order valence-electron chi connectivity index (χ2n) is 5.93. The molecule has 120 valence electrons. The highest BCUT2D eigenvalue weighted by atomic mass is 14.1. The fraction of sp³-hybridized carbons (Fsp3) is 0.167. The van der Waals surface area contributed by atoms with Gasteiger partial charge in [-0.3, -0.25) is 0 Å². The molecule has 2 aromatic rings. The molecule has 0 unspecified atom stereocenters. The van der Waals surface area contributed by atoms with E-state index in [1.54, 1.807) is 0 Å². The quantitative estimate of drug-likeness (QED) is 0.451. The summed E-state index contributed by atoms with van der Waals surface area (Å²) >= 11 is 0. The number of hydrogen-bond donors (Lipinski definition) is 0. The predicted molar refractivity (Wildman–Crippen MR) is 106 cm³/mol. The number of rotatable bonds is 5. The predicted octanol–water partition coefficient (Wildman–Crippen LogP) is 6.26. The van der Waals surface area contributed by atoms with Crippen molar-refractivity contribution in [2.45, 2.75) is 26.7 Å². The molecule has 0 N–H and O–H groups in total. The molecule has 0 atom stereocenters. The number of benzene rings is 2. The molecular weight excluding hydrogens is 288 g/mol. The van der Waals surface area contributed by atoms with E-state index in [-0.39, 0.29) is 0 Å². The van der Waals surface area contributed by atoms with E-state index in [1.165, 1.54) is 22.3 Å². The van der Waals surface area contributed by atoms with E-state index in [0.717, 1.165) is 24.0 Å². The van der Waals surface area contributed by atoms with Gasteiger partial charge in [0.05, 0.1) is 0 Å². The molecule has 0 aliphatic carbocycles. The summed E-state index contributed by atoms with van der Waals surface area (Å²) in [5.74, 6) is 6.68. The highest BCUT2D eigenvalue weighted by Gasteiger charge is 2.06. The van der Waals surface area contributed by atoms with Crippen LogP contribution in [0.4, 0.5) is 0 Å². The van der Waals surface area contributed by atoms with Crippen LogP contribution in [0.2, 0.25) is 0 Å². The molecule has 24 heavy (non-hydrogen) atoms. The number of allylic oxidation sites excluding steroid dienone is 4. The van der Waals surface area contributed by atoms with Gasteiger partial charge in [0.15, 0.2) is 0 Å². The largest absolute Gasteiger partial charge is 0.103 e. The SMILES string of the molecule is C=CCC(C#Cc1cccc(C)c1)=C(CC=C)c1cccc(C)c1. The summed E-state index contributed by atoms with van der Waals surface area (Å²) in [4.78, 5) is 0. The summed E-state index contributed by atoms with van der Waals surface area (Å²) in [6, 6.07) is 16.8. The van der Waals surface area contributed by atoms with E-state index in [9.17, 15) is 0 Å². The molecule has 0 radical (unpaired) electrons. The fourth-order valence-corrected chi connectivity index (χ4v) is 2.66. The molecule has 0 nitrogen and oxygen atoms in total. The lowest BCUT2D eigenvalue weighted by atomic mass is 9.94. The smallest absolute Gasteiger partial charge is 0.0251 e. The van der Waals surface area contributed by atoms with Crippen LogP contribution in [0, 0.1) is 25.7 Å². The minimum atomic E-state index is 0.760. The summed E-state index contributed by atoms with van der Waals surface area (Å²) in [5.41, 5.74) is 7.06. The zero-order valence-corrected chi connectivity index (χ0v) is 14.6. The van der Waals surface area contributed by atoms with E-state index in [1.807, 2.05) is 24.3 Å². The third-order valence-electron chi connectivity index (χ3n) is 3.80. The minimum Gasteiger partial charge on any atom is -0.103 e. The van der Waals surface area contributed by atoms with Crippen molar-refractivity contribution in [1.82, 2.24) is 0 Å². The van der Waals surface area contributed by atoms with Gasteiger partial charge in [0.1, 0.15) is 0 Å². The van der Waals surface area contributed by atoms with Crippen molar-refractivity contribution >= 4 is 5.57 Å². The molecular formula is C24H24. The first kappa shape index (κ1) is 17.6. The molecule has 0 heterocycles. The van der Waals surface area contributed by atoms with Crippen LogP contribution in [0.15, 0.2) is 79.4 Å². The molecule has 0 fully saturated rings. The first-order chi connectivity index (χ1) is 11.6. The van der Waals surface area contributed by atoms with Crippen LogP contribution in [0.5, 0.6) is 0 Å². The lowest BCUT2D eigenvalue weighted by molar-refractivity contribution is 1.26. The monoisotopic (exact) mass is 312 g/mol. The molecule has 0 aliphatic heterocycles. The summed E-state index contributed by atoms with van der Waals surface area (Å²) in [6.45, 7) is 12.0. The topological polar surface area (TPSA) is 0 Å². The Balaban J connectivity index is 2.53. The molecule has 0 aliphatic rings. The highest BCUT2D eigenvalue weighted by Crippen LogP contribution is 2.25. The Bertz CT molecular complexity index is 822. The molecule has 0 saturated heterocycles. The average Bonchev–Trinajstić information content (AvgIpc) is 2.57. The summed E-state index contributed by atoms with van der Waals surface area (Å²) in [6.07, 6.45) is 5.42. The van der Waals surface area contributed by atoms with Gasteiger partial charge in [0.25, 0.3) is 0 Å². The molecule has 0 amide bonds. The number of aryl methyl sites for hydroxylation is 2. The van der Waals surface area contributed by atoms with Crippen LogP contribution in [0.25, 0.3) is 5.57 Å². The van der Waals surface area contributed by atoms with Crippen molar-refractivity contribution in [2.24, 2.45) is 0 Å². The Morgan fingerprint density at radius 3 is 2.21 bits per heavy atom. The first-order valence-electron chi connectivity index (χ1n) is 8.23. The van der Waals surface area contributed by atoms with Gasteiger partial charge in [-0.15, -0.1) is 13.2 Å². The zero-order chi connectivity index (χ0) is 17.4. The van der Waals surface area contributed by atoms with Crippen molar-refractivity contribution < 1.29 is 0 Å². The Morgan fingerprint density at radius 2 is 1.58 bits per heavy atom. The molecule has 0 aromatic heterocycles. The van der Waals surface area contributed by atoms with E-state index < -0.39 is 0 Å². The Kier molecular flexibility index (Phi) is 6.41. The fourth-order valence-electron chi connectivity index (χ4n) is 2.66. The first-order valence-corrected chi connectivity index (χ1v) is 8.23. The average molecular weight is 312 g/mol. The summed E-state index contributed by atoms with van der Waals surface area (Å²) < 4.78 is 0. The van der Waals surface area contributed by atoms with Crippen LogP contribution >= 0.6 is 0 Å². The maximum absolute atomic E-state index is 3.91. The van der Waals surface area contributed by atoms with E-state index in [0.29, 0.717) is 0 Å². The Labute approximate surface area is 146 Å². The van der Waals surface area contributed by atoms with Gasteiger partial charge in [-0.2, -0.15) is 0 Å². The van der Waals surface area contributed by atoms with Gasteiger partial charge in [-0.25, -0.2) is 0 Å². The Hall–Kier alpha value is -2.78. The van der Waals surface area contributed by atoms with E-state index in [4.69, 9.17) is 0 Å². The normalized spacial score (nSPS) is 11.1. The molecule has 0 heteroatoms. The third-order valence-corrected chi connectivity index (χ3v) is 3.80. The van der Waals surface area contributed by atoms with E-state index >= 15 is 0 Å². The van der Waals surface area contributed by atoms with Crippen molar-refractivity contribution in [3.63, 3.8) is 0 Å². The van der Waals surface area contributed by atoms with Crippen LogP contribution < -0.4 is 0 Å². The lowest BCUT2D eigenvalue weighted by Crippen LogP contribution is -1.91. The lowest BCUT2D eigenvalue weighted by Gasteiger charge is -2.10. The van der Waals surface area contributed by atoms with Crippen molar-refractivity contribution in [1.29, 1.82) is 0 Å². The van der Waals surface area contributed by atoms with Gasteiger partial charge in [0.2, 0.25) is 0 Å². The summed E-state index contributed by atoms with van der Waals surface area (Å²) in [7, 11) is 0. The third kappa shape index (κ3) is 4.86. The molecule has 0 saturated carbocycles. The second kappa shape index (κ2) is 8.75. The Morgan fingerprint density at radius 1 is 0.917 bits per heavy atom. The maximum Gasteiger partial charge on any atom is 0.0251 e. The van der Waals surface area contributed by atoms with Crippen LogP contribution in [-0.2, 0) is 0 Å².